The van der Waals surface area contributed by atoms with Crippen molar-refractivity contribution in [2.75, 3.05) is 13.1 Å². The summed E-state index contributed by atoms with van der Waals surface area (Å²) in [6.07, 6.45) is 6.84. The molecule has 2 N–H and O–H groups in total. The van der Waals surface area contributed by atoms with Crippen LogP contribution in [-0.2, 0) is 0 Å². The van der Waals surface area contributed by atoms with Crippen molar-refractivity contribution in [2.24, 2.45) is 11.7 Å². The van der Waals surface area contributed by atoms with Gasteiger partial charge in [0.25, 0.3) is 0 Å². The summed E-state index contributed by atoms with van der Waals surface area (Å²) >= 11 is 0. The fraction of sp³-hybridized carbons (Fsp3) is 1.00. The van der Waals surface area contributed by atoms with Crippen LogP contribution in [0.5, 0.6) is 0 Å². The van der Waals surface area contributed by atoms with Gasteiger partial charge >= 0.3 is 0 Å². The Morgan fingerprint density at radius 2 is 2.14 bits per heavy atom. The SMILES string of the molecule is CCC(C)(N)CN1CCC2CCCC21. The van der Waals surface area contributed by atoms with E-state index in [0.717, 1.165) is 24.9 Å². The predicted octanol–water partition coefficient (Wildman–Crippen LogP) is 1.99. The van der Waals surface area contributed by atoms with Gasteiger partial charge in [-0.15, -0.1) is 0 Å². The smallest absolute Gasteiger partial charge is 0.0252 e. The first-order valence-electron chi connectivity index (χ1n) is 6.15. The minimum atomic E-state index is 0.0253. The number of rotatable bonds is 3. The molecule has 2 aliphatic rings. The fourth-order valence-electron chi connectivity index (χ4n) is 3.10. The van der Waals surface area contributed by atoms with Crippen LogP contribution >= 0.6 is 0 Å². The van der Waals surface area contributed by atoms with Crippen LogP contribution in [0.2, 0.25) is 0 Å². The van der Waals surface area contributed by atoms with Gasteiger partial charge in [-0.1, -0.05) is 13.3 Å². The maximum atomic E-state index is 6.24. The van der Waals surface area contributed by atoms with Gasteiger partial charge in [0, 0.05) is 18.1 Å². The van der Waals surface area contributed by atoms with Crippen molar-refractivity contribution in [2.45, 2.75) is 57.5 Å². The summed E-state index contributed by atoms with van der Waals surface area (Å²) in [5, 5.41) is 0. The second-order valence-corrected chi connectivity index (χ2v) is 5.53. The molecule has 1 heterocycles. The first-order valence-corrected chi connectivity index (χ1v) is 6.15. The summed E-state index contributed by atoms with van der Waals surface area (Å²) in [5.74, 6) is 1.00. The Hall–Kier alpha value is -0.0800. The van der Waals surface area contributed by atoms with Gasteiger partial charge in [0.2, 0.25) is 0 Å². The molecule has 0 spiro atoms. The molecule has 82 valence electrons. The quantitative estimate of drug-likeness (QED) is 0.748. The molecule has 2 heteroatoms. The standard InChI is InChI=1S/C12H24N2/c1-3-12(2,13)9-14-8-7-10-5-4-6-11(10)14/h10-11H,3-9,13H2,1-2H3. The first kappa shape index (κ1) is 10.4. The lowest BCUT2D eigenvalue weighted by atomic mass is 9.99. The molecule has 3 atom stereocenters. The minimum Gasteiger partial charge on any atom is -0.324 e. The molecule has 2 nitrogen and oxygen atoms in total. The number of fused-ring (bicyclic) bond motifs is 1. The van der Waals surface area contributed by atoms with Crippen LogP contribution in [-0.4, -0.2) is 29.6 Å². The summed E-state index contributed by atoms with van der Waals surface area (Å²) in [7, 11) is 0. The third-order valence-corrected chi connectivity index (χ3v) is 4.25. The van der Waals surface area contributed by atoms with Gasteiger partial charge in [-0.3, -0.25) is 4.90 Å². The lowest BCUT2D eigenvalue weighted by Crippen LogP contribution is -2.48. The molecule has 1 saturated heterocycles. The van der Waals surface area contributed by atoms with E-state index in [1.807, 2.05) is 0 Å². The molecule has 3 unspecified atom stereocenters. The van der Waals surface area contributed by atoms with E-state index < -0.39 is 0 Å². The molecular formula is C12H24N2. The summed E-state index contributed by atoms with van der Waals surface area (Å²) < 4.78 is 0. The molecule has 0 aromatic carbocycles. The van der Waals surface area contributed by atoms with E-state index in [1.54, 1.807) is 0 Å². The number of nitrogens with two attached hydrogens (primary N) is 1. The van der Waals surface area contributed by atoms with E-state index in [2.05, 4.69) is 18.7 Å². The highest BCUT2D eigenvalue weighted by Gasteiger charge is 2.38. The average Bonchev–Trinajstić information content (AvgIpc) is 2.70. The van der Waals surface area contributed by atoms with Crippen molar-refractivity contribution in [3.05, 3.63) is 0 Å². The van der Waals surface area contributed by atoms with Crippen molar-refractivity contribution >= 4 is 0 Å². The lowest BCUT2D eigenvalue weighted by molar-refractivity contribution is 0.190. The van der Waals surface area contributed by atoms with Gasteiger partial charge in [0.05, 0.1) is 0 Å². The monoisotopic (exact) mass is 196 g/mol. The van der Waals surface area contributed by atoms with Gasteiger partial charge in [0.1, 0.15) is 0 Å². The molecule has 1 saturated carbocycles. The second kappa shape index (κ2) is 3.82. The van der Waals surface area contributed by atoms with E-state index in [4.69, 9.17) is 5.73 Å². The molecule has 0 aromatic rings. The van der Waals surface area contributed by atoms with E-state index in [1.165, 1.54) is 32.2 Å². The van der Waals surface area contributed by atoms with Crippen LogP contribution in [0.3, 0.4) is 0 Å². The van der Waals surface area contributed by atoms with Crippen LogP contribution in [0.15, 0.2) is 0 Å². The molecule has 0 amide bonds. The lowest BCUT2D eigenvalue weighted by Gasteiger charge is -2.32. The zero-order chi connectivity index (χ0) is 10.2. The van der Waals surface area contributed by atoms with Crippen molar-refractivity contribution in [1.82, 2.24) is 4.90 Å². The molecule has 2 fully saturated rings. The average molecular weight is 196 g/mol. The van der Waals surface area contributed by atoms with Gasteiger partial charge < -0.3 is 5.73 Å². The van der Waals surface area contributed by atoms with Crippen molar-refractivity contribution in [3.63, 3.8) is 0 Å². The van der Waals surface area contributed by atoms with Gasteiger partial charge in [-0.25, -0.2) is 0 Å². The summed E-state index contributed by atoms with van der Waals surface area (Å²) in [5.41, 5.74) is 6.26. The van der Waals surface area contributed by atoms with Crippen molar-refractivity contribution < 1.29 is 0 Å². The highest BCUT2D eigenvalue weighted by Crippen LogP contribution is 2.38. The predicted molar refractivity (Wildman–Crippen MR) is 60.2 cm³/mol. The Labute approximate surface area is 87.8 Å². The highest BCUT2D eigenvalue weighted by atomic mass is 15.2. The van der Waals surface area contributed by atoms with Crippen LogP contribution in [0.1, 0.15) is 46.0 Å². The Morgan fingerprint density at radius 3 is 2.86 bits per heavy atom. The molecule has 0 bridgehead atoms. The first-order chi connectivity index (χ1) is 6.62. The molecule has 14 heavy (non-hydrogen) atoms. The molecular weight excluding hydrogens is 172 g/mol. The van der Waals surface area contributed by atoms with E-state index in [-0.39, 0.29) is 5.54 Å². The van der Waals surface area contributed by atoms with E-state index in [9.17, 15) is 0 Å². The van der Waals surface area contributed by atoms with Crippen molar-refractivity contribution in [3.8, 4) is 0 Å². The van der Waals surface area contributed by atoms with E-state index >= 15 is 0 Å². The summed E-state index contributed by atoms with van der Waals surface area (Å²) in [6, 6.07) is 0.879. The van der Waals surface area contributed by atoms with E-state index in [0.29, 0.717) is 0 Å². The number of hydrogen-bond donors (Lipinski definition) is 1. The topological polar surface area (TPSA) is 29.3 Å². The zero-order valence-corrected chi connectivity index (χ0v) is 9.63. The largest absolute Gasteiger partial charge is 0.324 e. The maximum Gasteiger partial charge on any atom is 0.0252 e. The Bertz CT molecular complexity index is 200. The Balaban J connectivity index is 1.93. The van der Waals surface area contributed by atoms with Crippen molar-refractivity contribution in [1.29, 1.82) is 0 Å². The summed E-state index contributed by atoms with van der Waals surface area (Å²) in [4.78, 5) is 2.65. The van der Waals surface area contributed by atoms with Gasteiger partial charge in [-0.05, 0) is 45.1 Å². The third-order valence-electron chi connectivity index (χ3n) is 4.25. The van der Waals surface area contributed by atoms with Crippen LogP contribution in [0, 0.1) is 5.92 Å². The van der Waals surface area contributed by atoms with Crippen LogP contribution < -0.4 is 5.73 Å². The number of hydrogen-bond acceptors (Lipinski definition) is 2. The van der Waals surface area contributed by atoms with Crippen LogP contribution in [0.4, 0.5) is 0 Å². The molecule has 1 aliphatic carbocycles. The Kier molecular flexibility index (Phi) is 2.85. The van der Waals surface area contributed by atoms with Crippen LogP contribution in [0.25, 0.3) is 0 Å². The maximum absolute atomic E-state index is 6.24. The van der Waals surface area contributed by atoms with Gasteiger partial charge in [-0.2, -0.15) is 0 Å². The van der Waals surface area contributed by atoms with Gasteiger partial charge in [0.15, 0.2) is 0 Å². The minimum absolute atomic E-state index is 0.0253. The Morgan fingerprint density at radius 1 is 1.36 bits per heavy atom. The molecule has 0 radical (unpaired) electrons. The fourth-order valence-corrected chi connectivity index (χ4v) is 3.10. The summed E-state index contributed by atoms with van der Waals surface area (Å²) in [6.45, 7) is 6.78. The zero-order valence-electron chi connectivity index (χ0n) is 9.63. The number of nitrogens with zero attached hydrogens (tertiary/aromatic N) is 1. The second-order valence-electron chi connectivity index (χ2n) is 5.53. The third kappa shape index (κ3) is 1.96. The molecule has 2 rings (SSSR count). The number of likely N-dealkylation sites (tertiary alicyclic amines) is 1. The normalized spacial score (nSPS) is 37.1. The molecule has 1 aliphatic heterocycles. The molecule has 0 aromatic heterocycles. The highest BCUT2D eigenvalue weighted by molar-refractivity contribution is 4.94.